The number of ether oxygens (including phenoxy) is 2. The first kappa shape index (κ1) is 16.5. The highest BCUT2D eigenvalue weighted by Gasteiger charge is 2.21. The molecule has 0 unspecified atom stereocenters. The molecule has 3 aromatic heterocycles. The highest BCUT2D eigenvalue weighted by Crippen LogP contribution is 2.39. The number of nitrogens with zero attached hydrogens (tertiary/aromatic N) is 2. The highest BCUT2D eigenvalue weighted by atomic mass is 35.5. The molecular formula is C16H13ClN2O4S. The smallest absolute Gasteiger partial charge is 0.309 e. The molecule has 24 heavy (non-hydrogen) atoms. The molecule has 0 aliphatic carbocycles. The number of hydrogen-bond donors (Lipinski definition) is 0. The fraction of sp³-hybridized carbons (Fsp3) is 0.188. The number of carbonyl (C=O) groups excluding carboxylic acids is 1. The van der Waals surface area contributed by atoms with Gasteiger partial charge in [0.2, 0.25) is 17.5 Å². The van der Waals surface area contributed by atoms with E-state index in [1.165, 1.54) is 18.3 Å². The number of aromatic nitrogens is 2. The van der Waals surface area contributed by atoms with Crippen LogP contribution in [0.3, 0.4) is 0 Å². The maximum absolute atomic E-state index is 11.3. The molecule has 124 valence electrons. The first-order chi connectivity index (χ1) is 11.6. The molecule has 3 aromatic rings. The van der Waals surface area contributed by atoms with Gasteiger partial charge in [-0.05, 0) is 25.1 Å². The van der Waals surface area contributed by atoms with Gasteiger partial charge in [0.05, 0.1) is 21.4 Å². The molecule has 0 N–H and O–H groups in total. The Morgan fingerprint density at radius 2 is 2.17 bits per heavy atom. The van der Waals surface area contributed by atoms with Gasteiger partial charge in [0.1, 0.15) is 0 Å². The maximum Gasteiger partial charge on any atom is 0.309 e. The van der Waals surface area contributed by atoms with Crippen LogP contribution in [0.25, 0.3) is 22.1 Å². The fourth-order valence-electron chi connectivity index (χ4n) is 1.97. The van der Waals surface area contributed by atoms with Crippen LogP contribution in [0.5, 0.6) is 11.8 Å². The summed E-state index contributed by atoms with van der Waals surface area (Å²) in [4.78, 5) is 20.5. The van der Waals surface area contributed by atoms with Crippen molar-refractivity contribution in [1.29, 1.82) is 0 Å². The number of halogens is 1. The van der Waals surface area contributed by atoms with Crippen LogP contribution in [-0.2, 0) is 4.79 Å². The van der Waals surface area contributed by atoms with E-state index in [0.717, 1.165) is 0 Å². The second kappa shape index (κ2) is 7.02. The molecule has 0 spiro atoms. The lowest BCUT2D eigenvalue weighted by Gasteiger charge is -2.01. The van der Waals surface area contributed by atoms with Crippen molar-refractivity contribution in [3.63, 3.8) is 0 Å². The molecular weight excluding hydrogens is 352 g/mol. The first-order valence-electron chi connectivity index (χ1n) is 7.11. The summed E-state index contributed by atoms with van der Waals surface area (Å²) in [6, 6.07) is 7.00. The van der Waals surface area contributed by atoms with Gasteiger partial charge in [-0.2, -0.15) is 4.98 Å². The Hall–Kier alpha value is -2.38. The molecule has 0 bridgehead atoms. The average molecular weight is 365 g/mol. The summed E-state index contributed by atoms with van der Waals surface area (Å²) in [6.07, 6.45) is 1.58. The number of carbonyl (C=O) groups is 1. The largest absolute Gasteiger partial charge is 0.478 e. The van der Waals surface area contributed by atoms with Gasteiger partial charge in [0, 0.05) is 19.2 Å². The van der Waals surface area contributed by atoms with Crippen molar-refractivity contribution < 1.29 is 18.7 Å². The zero-order chi connectivity index (χ0) is 17.1. The van der Waals surface area contributed by atoms with Crippen LogP contribution in [0, 0.1) is 0 Å². The number of hydrogen-bond acceptors (Lipinski definition) is 7. The third-order valence-electron chi connectivity index (χ3n) is 2.91. The fourth-order valence-corrected chi connectivity index (χ4v) is 2.98. The third kappa shape index (κ3) is 3.58. The molecule has 0 aliphatic rings. The van der Waals surface area contributed by atoms with Crippen LogP contribution in [0.4, 0.5) is 0 Å². The van der Waals surface area contributed by atoms with Crippen LogP contribution in [0.15, 0.2) is 34.9 Å². The van der Waals surface area contributed by atoms with Crippen LogP contribution in [-0.4, -0.2) is 22.5 Å². The maximum atomic E-state index is 11.3. The van der Waals surface area contributed by atoms with E-state index in [1.54, 1.807) is 30.5 Å². The molecule has 0 saturated heterocycles. The van der Waals surface area contributed by atoms with Gasteiger partial charge in [-0.1, -0.05) is 11.6 Å². The van der Waals surface area contributed by atoms with E-state index in [-0.39, 0.29) is 5.88 Å². The van der Waals surface area contributed by atoms with Crippen molar-refractivity contribution in [2.24, 2.45) is 0 Å². The minimum atomic E-state index is -0.483. The van der Waals surface area contributed by atoms with E-state index >= 15 is 0 Å². The monoisotopic (exact) mass is 364 g/mol. The predicted molar refractivity (Wildman–Crippen MR) is 90.5 cm³/mol. The van der Waals surface area contributed by atoms with E-state index < -0.39 is 5.97 Å². The van der Waals surface area contributed by atoms with E-state index in [1.807, 2.05) is 6.92 Å². The summed E-state index contributed by atoms with van der Waals surface area (Å²) in [5.41, 5.74) is 0.640. The molecule has 0 aromatic carbocycles. The Bertz CT molecular complexity index is 857. The lowest BCUT2D eigenvalue weighted by molar-refractivity contribution is -0.132. The molecule has 3 rings (SSSR count). The quantitative estimate of drug-likeness (QED) is 0.623. The Morgan fingerprint density at radius 3 is 2.75 bits per heavy atom. The molecule has 0 saturated carbocycles. The van der Waals surface area contributed by atoms with Gasteiger partial charge in [-0.15, -0.1) is 11.3 Å². The minimum Gasteiger partial charge on any atom is -0.478 e. The summed E-state index contributed by atoms with van der Waals surface area (Å²) in [6.45, 7) is 3.72. The van der Waals surface area contributed by atoms with Gasteiger partial charge < -0.3 is 13.9 Å². The Balaban J connectivity index is 1.99. The topological polar surface area (TPSA) is 74.5 Å². The van der Waals surface area contributed by atoms with E-state index in [2.05, 4.69) is 9.97 Å². The lowest BCUT2D eigenvalue weighted by atomic mass is 10.3. The van der Waals surface area contributed by atoms with Gasteiger partial charge >= 0.3 is 5.97 Å². The van der Waals surface area contributed by atoms with Crippen molar-refractivity contribution in [2.45, 2.75) is 13.8 Å². The normalized spacial score (nSPS) is 10.6. The second-order valence-corrected chi connectivity index (χ2v) is 6.38. The molecule has 0 fully saturated rings. The Labute approximate surface area is 147 Å². The van der Waals surface area contributed by atoms with Crippen molar-refractivity contribution in [3.05, 3.63) is 34.8 Å². The highest BCUT2D eigenvalue weighted by molar-refractivity contribution is 7.19. The van der Waals surface area contributed by atoms with Gasteiger partial charge in [0.25, 0.3) is 5.88 Å². The third-order valence-corrected chi connectivity index (χ3v) is 4.14. The van der Waals surface area contributed by atoms with Crippen LogP contribution in [0.1, 0.15) is 13.8 Å². The lowest BCUT2D eigenvalue weighted by Crippen LogP contribution is -2.02. The summed E-state index contributed by atoms with van der Waals surface area (Å²) < 4.78 is 16.8. The van der Waals surface area contributed by atoms with Gasteiger partial charge in [-0.25, -0.2) is 4.98 Å². The average Bonchev–Trinajstić information content (AvgIpc) is 3.14. The van der Waals surface area contributed by atoms with Crippen molar-refractivity contribution in [1.82, 2.24) is 9.97 Å². The summed E-state index contributed by atoms with van der Waals surface area (Å²) in [7, 11) is 0. The molecule has 8 heteroatoms. The SMILES string of the molecule is CCOc1ccc(-c2nc(OC(C)=O)c(-c3ccc(Cl)s3)o2)cn1. The standard InChI is InChI=1S/C16H13ClN2O4S/c1-3-21-13-7-4-10(8-18-13)15-19-16(22-9(2)20)14(23-15)11-5-6-12(17)24-11/h4-8H,3H2,1-2H3. The predicted octanol–water partition coefficient (Wildman–Crippen LogP) is 4.44. The molecule has 0 amide bonds. The number of pyridine rings is 1. The zero-order valence-corrected chi connectivity index (χ0v) is 14.5. The van der Waals surface area contributed by atoms with Gasteiger partial charge in [-0.3, -0.25) is 4.79 Å². The van der Waals surface area contributed by atoms with Crippen LogP contribution >= 0.6 is 22.9 Å². The number of esters is 1. The molecule has 0 atom stereocenters. The second-order valence-electron chi connectivity index (χ2n) is 4.67. The number of rotatable bonds is 5. The number of thiophene rings is 1. The summed E-state index contributed by atoms with van der Waals surface area (Å²) in [5.74, 6) is 0.777. The molecule has 0 aliphatic heterocycles. The van der Waals surface area contributed by atoms with E-state index in [4.69, 9.17) is 25.5 Å². The summed E-state index contributed by atoms with van der Waals surface area (Å²) in [5, 5.41) is 0. The van der Waals surface area contributed by atoms with Gasteiger partial charge in [0.15, 0.2) is 0 Å². The van der Waals surface area contributed by atoms with Crippen LogP contribution in [0.2, 0.25) is 4.34 Å². The van der Waals surface area contributed by atoms with Crippen molar-refractivity contribution in [2.75, 3.05) is 6.61 Å². The first-order valence-corrected chi connectivity index (χ1v) is 8.30. The Morgan fingerprint density at radius 1 is 1.33 bits per heavy atom. The van der Waals surface area contributed by atoms with E-state index in [9.17, 15) is 4.79 Å². The molecule has 3 heterocycles. The molecule has 0 radical (unpaired) electrons. The minimum absolute atomic E-state index is 0.102. The Kier molecular flexibility index (Phi) is 4.82. The van der Waals surface area contributed by atoms with E-state index in [0.29, 0.717) is 38.9 Å². The molecule has 6 nitrogen and oxygen atoms in total. The number of oxazole rings is 1. The zero-order valence-electron chi connectivity index (χ0n) is 12.9. The van der Waals surface area contributed by atoms with Crippen molar-refractivity contribution >= 4 is 28.9 Å². The van der Waals surface area contributed by atoms with Crippen molar-refractivity contribution in [3.8, 4) is 33.9 Å². The summed E-state index contributed by atoms with van der Waals surface area (Å²) >= 11 is 7.27. The van der Waals surface area contributed by atoms with Crippen LogP contribution < -0.4 is 9.47 Å².